The maximum Gasteiger partial charge on any atom is 0.0490 e. The lowest BCUT2D eigenvalue weighted by molar-refractivity contribution is 0.362. The van der Waals surface area contributed by atoms with Crippen molar-refractivity contribution in [3.05, 3.63) is 29.6 Å². The third kappa shape index (κ3) is 3.58. The van der Waals surface area contributed by atoms with Gasteiger partial charge in [0.15, 0.2) is 0 Å². The Labute approximate surface area is 91.5 Å². The minimum Gasteiger partial charge on any atom is -0.309 e. The normalized spacial score (nSPS) is 13.1. The largest absolute Gasteiger partial charge is 0.309 e. The molecule has 0 spiro atoms. The van der Waals surface area contributed by atoms with Gasteiger partial charge in [-0.25, -0.2) is 0 Å². The van der Waals surface area contributed by atoms with E-state index in [4.69, 9.17) is 5.84 Å². The molecule has 0 aliphatic heterocycles. The predicted molar refractivity (Wildman–Crippen MR) is 62.2 cm³/mol. The van der Waals surface area contributed by atoms with Crippen LogP contribution in [0.15, 0.2) is 18.5 Å². The van der Waals surface area contributed by atoms with E-state index in [0.717, 1.165) is 13.0 Å². The van der Waals surface area contributed by atoms with Crippen LogP contribution in [0.25, 0.3) is 0 Å². The maximum atomic E-state index is 5.56. The lowest BCUT2D eigenvalue weighted by Gasteiger charge is -2.20. The van der Waals surface area contributed by atoms with Crippen molar-refractivity contribution in [3.8, 4) is 0 Å². The molecule has 0 saturated heterocycles. The number of nitrogens with two attached hydrogens (primary N) is 1. The zero-order valence-corrected chi connectivity index (χ0v) is 9.70. The Morgan fingerprint density at radius 2 is 2.27 bits per heavy atom. The van der Waals surface area contributed by atoms with E-state index >= 15 is 0 Å². The van der Waals surface area contributed by atoms with Crippen molar-refractivity contribution < 1.29 is 0 Å². The van der Waals surface area contributed by atoms with Crippen LogP contribution in [0.1, 0.15) is 23.6 Å². The second kappa shape index (κ2) is 5.80. The third-order valence-electron chi connectivity index (χ3n) is 2.52. The Balaban J connectivity index is 2.70. The van der Waals surface area contributed by atoms with Gasteiger partial charge in [0.2, 0.25) is 0 Å². The first-order valence-electron chi connectivity index (χ1n) is 5.16. The first-order valence-corrected chi connectivity index (χ1v) is 5.16. The number of pyridine rings is 1. The van der Waals surface area contributed by atoms with E-state index in [1.165, 1.54) is 11.1 Å². The average molecular weight is 208 g/mol. The zero-order valence-electron chi connectivity index (χ0n) is 9.70. The molecule has 0 saturated carbocycles. The number of hydrazine groups is 1. The molecule has 0 amide bonds. The van der Waals surface area contributed by atoms with Crippen LogP contribution in [-0.4, -0.2) is 30.5 Å². The number of hydrogen-bond donors (Lipinski definition) is 2. The Hall–Kier alpha value is -0.970. The highest BCUT2D eigenvalue weighted by atomic mass is 15.2. The van der Waals surface area contributed by atoms with E-state index in [0.29, 0.717) is 0 Å². The summed E-state index contributed by atoms with van der Waals surface area (Å²) in [5.41, 5.74) is 5.26. The summed E-state index contributed by atoms with van der Waals surface area (Å²) in [5.74, 6) is 5.56. The van der Waals surface area contributed by atoms with Gasteiger partial charge < -0.3 is 4.90 Å². The molecule has 0 aliphatic carbocycles. The summed E-state index contributed by atoms with van der Waals surface area (Å²) in [4.78, 5) is 6.28. The van der Waals surface area contributed by atoms with Gasteiger partial charge in [0.05, 0.1) is 0 Å². The van der Waals surface area contributed by atoms with Gasteiger partial charge >= 0.3 is 0 Å². The van der Waals surface area contributed by atoms with Crippen LogP contribution in [-0.2, 0) is 0 Å². The maximum absolute atomic E-state index is 5.56. The number of aryl methyl sites for hydroxylation is 1. The molecule has 0 radical (unpaired) electrons. The zero-order chi connectivity index (χ0) is 11.3. The summed E-state index contributed by atoms with van der Waals surface area (Å²) < 4.78 is 0. The van der Waals surface area contributed by atoms with Crippen LogP contribution < -0.4 is 11.3 Å². The monoisotopic (exact) mass is 208 g/mol. The van der Waals surface area contributed by atoms with E-state index in [1.807, 2.05) is 12.3 Å². The van der Waals surface area contributed by atoms with Gasteiger partial charge in [-0.15, -0.1) is 0 Å². The number of rotatable bonds is 5. The van der Waals surface area contributed by atoms with Gasteiger partial charge in [-0.1, -0.05) is 0 Å². The molecule has 15 heavy (non-hydrogen) atoms. The molecule has 1 heterocycles. The Morgan fingerprint density at radius 1 is 1.53 bits per heavy atom. The molecular formula is C11H20N4. The molecule has 1 aromatic heterocycles. The van der Waals surface area contributed by atoms with Crippen LogP contribution in [0, 0.1) is 6.92 Å². The SMILES string of the molecule is Cc1ccncc1C(CCN(C)C)NN. The molecule has 3 N–H and O–H groups in total. The Morgan fingerprint density at radius 3 is 2.80 bits per heavy atom. The first kappa shape index (κ1) is 12.1. The molecule has 0 aliphatic rings. The summed E-state index contributed by atoms with van der Waals surface area (Å²) in [5, 5.41) is 0. The topological polar surface area (TPSA) is 54.2 Å². The van der Waals surface area contributed by atoms with Crippen molar-refractivity contribution in [1.82, 2.24) is 15.3 Å². The second-order valence-electron chi connectivity index (χ2n) is 4.04. The lowest BCUT2D eigenvalue weighted by atomic mass is 10.0. The fraction of sp³-hybridized carbons (Fsp3) is 0.545. The minimum absolute atomic E-state index is 0.182. The van der Waals surface area contributed by atoms with E-state index in [-0.39, 0.29) is 6.04 Å². The molecule has 1 atom stereocenters. The van der Waals surface area contributed by atoms with Crippen molar-refractivity contribution in [1.29, 1.82) is 0 Å². The van der Waals surface area contributed by atoms with Crippen molar-refractivity contribution in [2.24, 2.45) is 5.84 Å². The van der Waals surface area contributed by atoms with Gasteiger partial charge in [0, 0.05) is 18.4 Å². The molecule has 0 bridgehead atoms. The van der Waals surface area contributed by atoms with Crippen LogP contribution in [0.5, 0.6) is 0 Å². The molecule has 1 unspecified atom stereocenters. The molecule has 0 fully saturated rings. The highest BCUT2D eigenvalue weighted by Crippen LogP contribution is 2.18. The van der Waals surface area contributed by atoms with Crippen LogP contribution in [0.2, 0.25) is 0 Å². The number of hydrogen-bond acceptors (Lipinski definition) is 4. The smallest absolute Gasteiger partial charge is 0.0490 e. The molecule has 1 aromatic rings. The average Bonchev–Trinajstić information content (AvgIpc) is 2.21. The van der Waals surface area contributed by atoms with E-state index < -0.39 is 0 Å². The van der Waals surface area contributed by atoms with Gasteiger partial charge in [0.1, 0.15) is 0 Å². The van der Waals surface area contributed by atoms with Gasteiger partial charge in [0.25, 0.3) is 0 Å². The van der Waals surface area contributed by atoms with Crippen molar-refractivity contribution >= 4 is 0 Å². The summed E-state index contributed by atoms with van der Waals surface area (Å²) in [6.45, 7) is 3.08. The molecule has 84 valence electrons. The fourth-order valence-electron chi connectivity index (χ4n) is 1.56. The molecule has 0 aromatic carbocycles. The van der Waals surface area contributed by atoms with Gasteiger partial charge in [-0.2, -0.15) is 0 Å². The minimum atomic E-state index is 0.182. The van der Waals surface area contributed by atoms with Crippen LogP contribution >= 0.6 is 0 Å². The van der Waals surface area contributed by atoms with E-state index in [1.54, 1.807) is 6.20 Å². The number of nitrogens with zero attached hydrogens (tertiary/aromatic N) is 2. The third-order valence-corrected chi connectivity index (χ3v) is 2.52. The van der Waals surface area contributed by atoms with Crippen LogP contribution in [0.4, 0.5) is 0 Å². The summed E-state index contributed by atoms with van der Waals surface area (Å²) in [6.07, 6.45) is 4.67. The molecule has 4 nitrogen and oxygen atoms in total. The van der Waals surface area contributed by atoms with Crippen molar-refractivity contribution in [2.75, 3.05) is 20.6 Å². The highest BCUT2D eigenvalue weighted by molar-refractivity contribution is 5.24. The molecular weight excluding hydrogens is 188 g/mol. The predicted octanol–water partition coefficient (Wildman–Crippen LogP) is 0.846. The van der Waals surface area contributed by atoms with Crippen molar-refractivity contribution in [2.45, 2.75) is 19.4 Å². The van der Waals surface area contributed by atoms with E-state index in [2.05, 4.69) is 36.3 Å². The van der Waals surface area contributed by atoms with Gasteiger partial charge in [-0.05, 0) is 51.2 Å². The number of aromatic nitrogens is 1. The summed E-state index contributed by atoms with van der Waals surface area (Å²) in [7, 11) is 4.12. The second-order valence-corrected chi connectivity index (χ2v) is 4.04. The standard InChI is InChI=1S/C11H20N4/c1-9-4-6-13-8-10(9)11(14-12)5-7-15(2)3/h4,6,8,11,14H,5,7,12H2,1-3H3. The summed E-state index contributed by atoms with van der Waals surface area (Å²) >= 11 is 0. The Bertz CT molecular complexity index is 298. The lowest BCUT2D eigenvalue weighted by Crippen LogP contribution is -2.31. The highest BCUT2D eigenvalue weighted by Gasteiger charge is 2.12. The van der Waals surface area contributed by atoms with Crippen molar-refractivity contribution in [3.63, 3.8) is 0 Å². The molecule has 4 heteroatoms. The fourth-order valence-corrected chi connectivity index (χ4v) is 1.56. The first-order chi connectivity index (χ1) is 7.15. The van der Waals surface area contributed by atoms with Gasteiger partial charge in [-0.3, -0.25) is 16.3 Å². The summed E-state index contributed by atoms with van der Waals surface area (Å²) in [6, 6.07) is 2.19. The number of nitrogens with one attached hydrogen (secondary N) is 1. The Kier molecular flexibility index (Phi) is 4.68. The molecule has 1 rings (SSSR count). The van der Waals surface area contributed by atoms with E-state index in [9.17, 15) is 0 Å². The van der Waals surface area contributed by atoms with Crippen LogP contribution in [0.3, 0.4) is 0 Å². The quantitative estimate of drug-likeness (QED) is 0.556.